The number of esters is 1. The van der Waals surface area contributed by atoms with Crippen molar-refractivity contribution < 1.29 is 14.3 Å². The molecule has 0 rings (SSSR count). The van der Waals surface area contributed by atoms with Gasteiger partial charge in [0.1, 0.15) is 6.54 Å². The van der Waals surface area contributed by atoms with Gasteiger partial charge in [-0.2, -0.15) is 0 Å². The Balaban J connectivity index is 3.91. The molecule has 0 aromatic heterocycles. The van der Waals surface area contributed by atoms with Gasteiger partial charge in [-0.3, -0.25) is 9.59 Å². The van der Waals surface area contributed by atoms with Gasteiger partial charge in [-0.15, -0.1) is 0 Å². The van der Waals surface area contributed by atoms with Gasteiger partial charge in [-0.05, 0) is 27.8 Å². The SMILES string of the molecule is CCOC(=O)CNC(=O)C(C)(C)NC. The van der Waals surface area contributed by atoms with Crippen LogP contribution in [0.25, 0.3) is 0 Å². The van der Waals surface area contributed by atoms with Gasteiger partial charge < -0.3 is 15.4 Å². The second-order valence-corrected chi connectivity index (χ2v) is 3.36. The molecule has 0 aliphatic rings. The molecule has 0 saturated heterocycles. The number of carbonyl (C=O) groups is 2. The van der Waals surface area contributed by atoms with E-state index in [0.717, 1.165) is 0 Å². The van der Waals surface area contributed by atoms with E-state index >= 15 is 0 Å². The van der Waals surface area contributed by atoms with E-state index in [0.29, 0.717) is 6.61 Å². The number of hydrogen-bond acceptors (Lipinski definition) is 4. The van der Waals surface area contributed by atoms with Crippen LogP contribution in [0.2, 0.25) is 0 Å². The normalized spacial score (nSPS) is 10.9. The molecule has 0 saturated carbocycles. The standard InChI is InChI=1S/C9H18N2O3/c1-5-14-7(12)6-11-8(13)9(2,3)10-4/h10H,5-6H2,1-4H3,(H,11,13). The number of likely N-dealkylation sites (N-methyl/N-ethyl adjacent to an activating group) is 1. The van der Waals surface area contributed by atoms with E-state index < -0.39 is 11.5 Å². The molecule has 0 radical (unpaired) electrons. The molecule has 5 heteroatoms. The highest BCUT2D eigenvalue weighted by molar-refractivity contribution is 5.88. The highest BCUT2D eigenvalue weighted by atomic mass is 16.5. The summed E-state index contributed by atoms with van der Waals surface area (Å²) >= 11 is 0. The summed E-state index contributed by atoms with van der Waals surface area (Å²) in [5, 5.41) is 5.32. The Labute approximate surface area is 84.2 Å². The van der Waals surface area contributed by atoms with Crippen LogP contribution in [0.1, 0.15) is 20.8 Å². The summed E-state index contributed by atoms with van der Waals surface area (Å²) in [4.78, 5) is 22.3. The molecule has 0 bridgehead atoms. The average molecular weight is 202 g/mol. The number of nitrogens with one attached hydrogen (secondary N) is 2. The molecule has 0 aromatic carbocycles. The molecular formula is C9H18N2O3. The molecule has 0 heterocycles. The van der Waals surface area contributed by atoms with E-state index in [1.165, 1.54) is 0 Å². The summed E-state index contributed by atoms with van der Waals surface area (Å²) in [6.07, 6.45) is 0. The summed E-state index contributed by atoms with van der Waals surface area (Å²) in [5.41, 5.74) is -0.674. The molecular weight excluding hydrogens is 184 g/mol. The molecule has 1 amide bonds. The van der Waals surface area contributed by atoms with Gasteiger partial charge in [0.25, 0.3) is 0 Å². The fourth-order valence-corrected chi connectivity index (χ4v) is 0.699. The molecule has 2 N–H and O–H groups in total. The highest BCUT2D eigenvalue weighted by Crippen LogP contribution is 1.99. The number of amides is 1. The fraction of sp³-hybridized carbons (Fsp3) is 0.778. The third-order valence-corrected chi connectivity index (χ3v) is 1.89. The summed E-state index contributed by atoms with van der Waals surface area (Å²) in [7, 11) is 1.68. The monoisotopic (exact) mass is 202 g/mol. The number of rotatable bonds is 5. The molecule has 0 fully saturated rings. The summed E-state index contributed by atoms with van der Waals surface area (Å²) in [6.45, 7) is 5.42. The first kappa shape index (κ1) is 12.9. The molecule has 5 nitrogen and oxygen atoms in total. The Morgan fingerprint density at radius 1 is 1.36 bits per heavy atom. The van der Waals surface area contributed by atoms with Gasteiger partial charge in [0.15, 0.2) is 0 Å². The van der Waals surface area contributed by atoms with Crippen LogP contribution in [0.5, 0.6) is 0 Å². The predicted octanol–water partition coefficient (Wildman–Crippen LogP) is -0.336. The predicted molar refractivity (Wildman–Crippen MR) is 52.8 cm³/mol. The van der Waals surface area contributed by atoms with E-state index in [2.05, 4.69) is 15.4 Å². The van der Waals surface area contributed by atoms with Gasteiger partial charge in [-0.25, -0.2) is 0 Å². The van der Waals surface area contributed by atoms with E-state index in [-0.39, 0.29) is 12.5 Å². The highest BCUT2D eigenvalue weighted by Gasteiger charge is 2.25. The third kappa shape index (κ3) is 4.23. The number of hydrogen-bond donors (Lipinski definition) is 2. The van der Waals surface area contributed by atoms with Crippen molar-refractivity contribution in [3.05, 3.63) is 0 Å². The van der Waals surface area contributed by atoms with Crippen molar-refractivity contribution in [2.24, 2.45) is 0 Å². The lowest BCUT2D eigenvalue weighted by atomic mass is 10.1. The van der Waals surface area contributed by atoms with Gasteiger partial charge in [0.05, 0.1) is 12.1 Å². The molecule has 0 aromatic rings. The van der Waals surface area contributed by atoms with Crippen LogP contribution in [0.15, 0.2) is 0 Å². The van der Waals surface area contributed by atoms with E-state index in [9.17, 15) is 9.59 Å². The zero-order chi connectivity index (χ0) is 11.2. The smallest absolute Gasteiger partial charge is 0.325 e. The molecule has 0 aliphatic carbocycles. The first-order valence-electron chi connectivity index (χ1n) is 4.57. The minimum absolute atomic E-state index is 0.0855. The quantitative estimate of drug-likeness (QED) is 0.599. The van der Waals surface area contributed by atoms with Crippen LogP contribution in [-0.2, 0) is 14.3 Å². The minimum atomic E-state index is -0.674. The van der Waals surface area contributed by atoms with Crippen molar-refractivity contribution in [2.45, 2.75) is 26.3 Å². The Kier molecular flexibility index (Phi) is 5.15. The number of carbonyl (C=O) groups excluding carboxylic acids is 2. The second kappa shape index (κ2) is 5.59. The lowest BCUT2D eigenvalue weighted by Gasteiger charge is -2.22. The molecule has 82 valence electrons. The van der Waals surface area contributed by atoms with Gasteiger partial charge in [0.2, 0.25) is 5.91 Å². The average Bonchev–Trinajstić information content (AvgIpc) is 2.14. The van der Waals surface area contributed by atoms with Crippen molar-refractivity contribution in [1.29, 1.82) is 0 Å². The maximum Gasteiger partial charge on any atom is 0.325 e. The van der Waals surface area contributed by atoms with Gasteiger partial charge in [-0.1, -0.05) is 0 Å². The van der Waals surface area contributed by atoms with Crippen molar-refractivity contribution in [2.75, 3.05) is 20.2 Å². The van der Waals surface area contributed by atoms with Crippen LogP contribution < -0.4 is 10.6 Å². The van der Waals surface area contributed by atoms with Crippen molar-refractivity contribution in [3.8, 4) is 0 Å². The topological polar surface area (TPSA) is 67.4 Å². The summed E-state index contributed by atoms with van der Waals surface area (Å²) in [6, 6.07) is 0. The van der Waals surface area contributed by atoms with Crippen molar-refractivity contribution in [1.82, 2.24) is 10.6 Å². The third-order valence-electron chi connectivity index (χ3n) is 1.89. The Morgan fingerprint density at radius 3 is 2.36 bits per heavy atom. The van der Waals surface area contributed by atoms with Crippen molar-refractivity contribution in [3.63, 3.8) is 0 Å². The van der Waals surface area contributed by atoms with Crippen LogP contribution >= 0.6 is 0 Å². The summed E-state index contributed by atoms with van der Waals surface area (Å²) < 4.78 is 4.66. The van der Waals surface area contributed by atoms with Crippen LogP contribution in [0.4, 0.5) is 0 Å². The maximum atomic E-state index is 11.4. The van der Waals surface area contributed by atoms with Crippen LogP contribution in [0, 0.1) is 0 Å². The largest absolute Gasteiger partial charge is 0.465 e. The molecule has 0 atom stereocenters. The fourth-order valence-electron chi connectivity index (χ4n) is 0.699. The Morgan fingerprint density at radius 2 is 1.93 bits per heavy atom. The lowest BCUT2D eigenvalue weighted by Crippen LogP contribution is -2.52. The Hall–Kier alpha value is -1.10. The molecule has 14 heavy (non-hydrogen) atoms. The summed E-state index contributed by atoms with van der Waals surface area (Å²) in [5.74, 6) is -0.652. The minimum Gasteiger partial charge on any atom is -0.465 e. The van der Waals surface area contributed by atoms with E-state index in [4.69, 9.17) is 0 Å². The number of ether oxygens (including phenoxy) is 1. The van der Waals surface area contributed by atoms with Crippen molar-refractivity contribution >= 4 is 11.9 Å². The molecule has 0 spiro atoms. The first-order valence-corrected chi connectivity index (χ1v) is 4.57. The molecule has 0 aliphatic heterocycles. The second-order valence-electron chi connectivity index (χ2n) is 3.36. The lowest BCUT2D eigenvalue weighted by molar-refractivity contribution is -0.144. The van der Waals surface area contributed by atoms with E-state index in [1.54, 1.807) is 27.8 Å². The van der Waals surface area contributed by atoms with E-state index in [1.807, 2.05) is 0 Å². The first-order chi connectivity index (χ1) is 6.44. The van der Waals surface area contributed by atoms with Crippen LogP contribution in [0.3, 0.4) is 0 Å². The van der Waals surface area contributed by atoms with Gasteiger partial charge >= 0.3 is 5.97 Å². The zero-order valence-electron chi connectivity index (χ0n) is 9.14. The molecule has 0 unspecified atom stereocenters. The zero-order valence-corrected chi connectivity index (χ0v) is 9.14. The maximum absolute atomic E-state index is 11.4. The van der Waals surface area contributed by atoms with Gasteiger partial charge in [0, 0.05) is 0 Å². The Bertz CT molecular complexity index is 214. The van der Waals surface area contributed by atoms with Crippen LogP contribution in [-0.4, -0.2) is 37.6 Å².